The first-order valence-corrected chi connectivity index (χ1v) is 8.91. The maximum Gasteiger partial charge on any atom is 0.331 e. The summed E-state index contributed by atoms with van der Waals surface area (Å²) in [5.74, 6) is -0.301. The van der Waals surface area contributed by atoms with Gasteiger partial charge in [-0.1, -0.05) is 24.6 Å². The van der Waals surface area contributed by atoms with Crippen LogP contribution in [-0.4, -0.2) is 20.0 Å². The fourth-order valence-corrected chi connectivity index (χ4v) is 3.01. The van der Waals surface area contributed by atoms with Crippen LogP contribution in [0.3, 0.4) is 0 Å². The van der Waals surface area contributed by atoms with Crippen LogP contribution in [0.15, 0.2) is 52.3 Å². The highest BCUT2D eigenvalue weighted by atomic mass is 16.2. The predicted molar refractivity (Wildman–Crippen MR) is 104 cm³/mol. The summed E-state index contributed by atoms with van der Waals surface area (Å²) < 4.78 is 2.57. The van der Waals surface area contributed by atoms with Crippen molar-refractivity contribution in [2.45, 2.75) is 39.9 Å². The van der Waals surface area contributed by atoms with Crippen molar-refractivity contribution in [3.05, 3.63) is 74.7 Å². The number of aryl methyl sites for hydroxylation is 1. The second-order valence-electron chi connectivity index (χ2n) is 6.48. The quantitative estimate of drug-likeness (QED) is 0.718. The topological polar surface area (TPSA) is 86.0 Å². The normalized spacial score (nSPS) is 10.9. The van der Waals surface area contributed by atoms with E-state index >= 15 is 0 Å². The van der Waals surface area contributed by atoms with Gasteiger partial charge in [-0.3, -0.25) is 23.7 Å². The fourth-order valence-electron chi connectivity index (χ4n) is 3.01. The summed E-state index contributed by atoms with van der Waals surface area (Å²) in [5.41, 5.74) is 1.49. The third-order valence-corrected chi connectivity index (χ3v) is 4.34. The zero-order valence-electron chi connectivity index (χ0n) is 15.4. The Balaban J connectivity index is 1.96. The minimum atomic E-state index is -0.463. The van der Waals surface area contributed by atoms with E-state index < -0.39 is 5.69 Å². The van der Waals surface area contributed by atoms with Crippen molar-refractivity contribution in [3.8, 4) is 0 Å². The van der Waals surface area contributed by atoms with Crippen LogP contribution in [0.5, 0.6) is 0 Å². The van der Waals surface area contributed by atoms with E-state index in [1.54, 1.807) is 30.6 Å². The van der Waals surface area contributed by atoms with Crippen molar-refractivity contribution in [1.29, 1.82) is 0 Å². The van der Waals surface area contributed by atoms with E-state index in [1.807, 2.05) is 26.0 Å². The van der Waals surface area contributed by atoms with E-state index in [0.29, 0.717) is 30.4 Å². The molecule has 0 aliphatic rings. The molecule has 7 nitrogen and oxygen atoms in total. The zero-order chi connectivity index (χ0) is 19.4. The van der Waals surface area contributed by atoms with Crippen LogP contribution < -0.4 is 16.6 Å². The molecule has 0 saturated heterocycles. The summed E-state index contributed by atoms with van der Waals surface area (Å²) in [6, 6.07) is 8.96. The number of fused-ring (bicyclic) bond motifs is 1. The van der Waals surface area contributed by atoms with Crippen molar-refractivity contribution in [3.63, 3.8) is 0 Å². The molecule has 0 saturated carbocycles. The monoisotopic (exact) mass is 366 g/mol. The lowest BCUT2D eigenvalue weighted by atomic mass is 10.1. The number of aromatic nitrogens is 3. The van der Waals surface area contributed by atoms with Crippen LogP contribution >= 0.6 is 0 Å². The summed E-state index contributed by atoms with van der Waals surface area (Å²) in [5, 5.41) is 3.24. The number of rotatable bonds is 6. The molecule has 3 aromatic rings. The van der Waals surface area contributed by atoms with Crippen molar-refractivity contribution in [1.82, 2.24) is 19.4 Å². The van der Waals surface area contributed by atoms with Gasteiger partial charge in [0.2, 0.25) is 5.91 Å². The van der Waals surface area contributed by atoms with Crippen molar-refractivity contribution in [2.24, 2.45) is 0 Å². The SMILES string of the molecule is CCCn1c(=O)c2cc(C)ccc2n(CC(=O)NCc2cccnc2)c1=O. The summed E-state index contributed by atoms with van der Waals surface area (Å²) >= 11 is 0. The molecular formula is C20H22N4O3. The number of nitrogens with zero attached hydrogens (tertiary/aromatic N) is 3. The Labute approximate surface area is 156 Å². The van der Waals surface area contributed by atoms with Gasteiger partial charge < -0.3 is 5.32 Å². The van der Waals surface area contributed by atoms with Gasteiger partial charge in [0, 0.05) is 25.5 Å². The second kappa shape index (κ2) is 7.99. The maximum atomic E-state index is 12.8. The molecule has 1 N–H and O–H groups in total. The van der Waals surface area contributed by atoms with E-state index in [0.717, 1.165) is 11.1 Å². The van der Waals surface area contributed by atoms with Gasteiger partial charge in [0.1, 0.15) is 6.54 Å². The third-order valence-electron chi connectivity index (χ3n) is 4.34. The molecule has 2 heterocycles. The smallest absolute Gasteiger partial charge is 0.331 e. The van der Waals surface area contributed by atoms with Gasteiger partial charge in [-0.15, -0.1) is 0 Å². The fraction of sp³-hybridized carbons (Fsp3) is 0.300. The van der Waals surface area contributed by atoms with Crippen molar-refractivity contribution < 1.29 is 4.79 Å². The summed E-state index contributed by atoms with van der Waals surface area (Å²) in [6.45, 7) is 4.28. The van der Waals surface area contributed by atoms with E-state index in [9.17, 15) is 14.4 Å². The molecule has 0 aliphatic carbocycles. The van der Waals surface area contributed by atoms with E-state index in [4.69, 9.17) is 0 Å². The Kier molecular flexibility index (Phi) is 5.49. The summed E-state index contributed by atoms with van der Waals surface area (Å²) in [6.07, 6.45) is 3.99. The molecule has 27 heavy (non-hydrogen) atoms. The summed E-state index contributed by atoms with van der Waals surface area (Å²) in [4.78, 5) is 41.9. The van der Waals surface area contributed by atoms with Gasteiger partial charge in [-0.05, 0) is 37.1 Å². The van der Waals surface area contributed by atoms with Gasteiger partial charge in [-0.25, -0.2) is 4.79 Å². The maximum absolute atomic E-state index is 12.8. The number of carbonyl (C=O) groups excluding carboxylic acids is 1. The Morgan fingerprint density at radius 1 is 1.19 bits per heavy atom. The number of carbonyl (C=O) groups is 1. The Hall–Kier alpha value is -3.22. The number of hydrogen-bond donors (Lipinski definition) is 1. The molecule has 7 heteroatoms. The first kappa shape index (κ1) is 18.6. The van der Waals surface area contributed by atoms with Crippen molar-refractivity contribution >= 4 is 16.8 Å². The van der Waals surface area contributed by atoms with Crippen LogP contribution in [0, 0.1) is 6.92 Å². The average molecular weight is 366 g/mol. The van der Waals surface area contributed by atoms with Gasteiger partial charge in [-0.2, -0.15) is 0 Å². The van der Waals surface area contributed by atoms with Crippen LogP contribution in [-0.2, 0) is 24.4 Å². The molecule has 2 aromatic heterocycles. The predicted octanol–water partition coefficient (Wildman–Crippen LogP) is 1.59. The lowest BCUT2D eigenvalue weighted by Crippen LogP contribution is -2.42. The van der Waals surface area contributed by atoms with Crippen LogP contribution in [0.4, 0.5) is 0 Å². The molecule has 140 valence electrons. The zero-order valence-corrected chi connectivity index (χ0v) is 15.4. The lowest BCUT2D eigenvalue weighted by Gasteiger charge is -2.14. The van der Waals surface area contributed by atoms with E-state index in [-0.39, 0.29) is 18.0 Å². The third kappa shape index (κ3) is 3.97. The highest BCUT2D eigenvalue weighted by Gasteiger charge is 2.15. The van der Waals surface area contributed by atoms with E-state index in [2.05, 4.69) is 10.3 Å². The molecule has 0 radical (unpaired) electrons. The molecule has 1 aromatic carbocycles. The molecule has 0 bridgehead atoms. The second-order valence-corrected chi connectivity index (χ2v) is 6.48. The standard InChI is InChI=1S/C20H22N4O3/c1-3-9-23-19(26)16-10-14(2)6-7-17(16)24(20(23)27)13-18(25)22-12-15-5-4-8-21-11-15/h4-8,10-11H,3,9,12-13H2,1-2H3,(H,22,25). The van der Waals surface area contributed by atoms with E-state index in [1.165, 1.54) is 9.13 Å². The minimum absolute atomic E-state index is 0.150. The molecule has 0 unspecified atom stereocenters. The number of amides is 1. The Bertz CT molecular complexity index is 1080. The van der Waals surface area contributed by atoms with Crippen LogP contribution in [0.1, 0.15) is 24.5 Å². The number of pyridine rings is 1. The molecule has 1 amide bonds. The Morgan fingerprint density at radius 2 is 2.00 bits per heavy atom. The average Bonchev–Trinajstić information content (AvgIpc) is 2.68. The highest BCUT2D eigenvalue weighted by molar-refractivity contribution is 5.82. The van der Waals surface area contributed by atoms with Gasteiger partial charge in [0.15, 0.2) is 0 Å². The highest BCUT2D eigenvalue weighted by Crippen LogP contribution is 2.11. The molecule has 0 spiro atoms. The summed E-state index contributed by atoms with van der Waals surface area (Å²) in [7, 11) is 0. The van der Waals surface area contributed by atoms with Crippen molar-refractivity contribution in [2.75, 3.05) is 0 Å². The van der Waals surface area contributed by atoms with Crippen LogP contribution in [0.2, 0.25) is 0 Å². The lowest BCUT2D eigenvalue weighted by molar-refractivity contribution is -0.121. The molecule has 0 atom stereocenters. The van der Waals surface area contributed by atoms with Gasteiger partial charge in [0.25, 0.3) is 5.56 Å². The first-order chi connectivity index (χ1) is 13.0. The number of benzene rings is 1. The molecule has 3 rings (SSSR count). The van der Waals surface area contributed by atoms with Gasteiger partial charge >= 0.3 is 5.69 Å². The van der Waals surface area contributed by atoms with Crippen LogP contribution in [0.25, 0.3) is 10.9 Å². The minimum Gasteiger partial charge on any atom is -0.350 e. The number of nitrogens with one attached hydrogen (secondary N) is 1. The molecule has 0 fully saturated rings. The largest absolute Gasteiger partial charge is 0.350 e. The Morgan fingerprint density at radius 3 is 2.70 bits per heavy atom. The molecular weight excluding hydrogens is 344 g/mol. The first-order valence-electron chi connectivity index (χ1n) is 8.91. The van der Waals surface area contributed by atoms with Gasteiger partial charge in [0.05, 0.1) is 10.9 Å². The molecule has 0 aliphatic heterocycles. The number of hydrogen-bond acceptors (Lipinski definition) is 4.